The summed E-state index contributed by atoms with van der Waals surface area (Å²) in [5, 5.41) is 11.6. The van der Waals surface area contributed by atoms with Gasteiger partial charge in [-0.05, 0) is 54.5 Å². The molecule has 1 aliphatic rings. The Morgan fingerprint density at radius 3 is 2.35 bits per heavy atom. The van der Waals surface area contributed by atoms with E-state index in [1.54, 1.807) is 7.11 Å². The zero-order valence-electron chi connectivity index (χ0n) is 13.2. The lowest BCUT2D eigenvalue weighted by molar-refractivity contribution is 0.201. The molecule has 0 saturated heterocycles. The molecule has 0 spiro atoms. The van der Waals surface area contributed by atoms with Gasteiger partial charge in [-0.25, -0.2) is 0 Å². The molecule has 0 aliphatic heterocycles. The molecule has 3 rings (SSSR count). The Bertz CT molecular complexity index is 674. The lowest BCUT2D eigenvalue weighted by Crippen LogP contribution is -2.11. The second kappa shape index (κ2) is 7.18. The van der Waals surface area contributed by atoms with Crippen LogP contribution in [-0.2, 0) is 0 Å². The minimum Gasteiger partial charge on any atom is -0.493 e. The molecule has 1 aliphatic carbocycles. The largest absolute Gasteiger partial charge is 0.493 e. The van der Waals surface area contributed by atoms with E-state index in [0.29, 0.717) is 6.10 Å². The van der Waals surface area contributed by atoms with Gasteiger partial charge in [0.15, 0.2) is 11.5 Å². The summed E-state index contributed by atoms with van der Waals surface area (Å²) in [6, 6.07) is 13.8. The van der Waals surface area contributed by atoms with Gasteiger partial charge in [0.2, 0.25) is 0 Å². The summed E-state index contributed by atoms with van der Waals surface area (Å²) in [5.41, 5.74) is 3.01. The van der Waals surface area contributed by atoms with Crippen LogP contribution in [0.2, 0.25) is 0 Å². The molecule has 1 fully saturated rings. The van der Waals surface area contributed by atoms with Crippen molar-refractivity contribution in [3.8, 4) is 22.6 Å². The molecule has 120 valence electrons. The van der Waals surface area contributed by atoms with Crippen LogP contribution >= 0.6 is 0 Å². The Morgan fingerprint density at radius 2 is 1.70 bits per heavy atom. The number of hydrogen-bond donors (Lipinski definition) is 1. The standard InChI is InChI=1S/C19H21NO3/c1-22-18-11-10-16(12-19(18)23-17-4-2-3-5-17)15-8-6-14(7-9-15)13-20-21/h6-13,17,21H,2-5H2,1H3/b20-13+. The van der Waals surface area contributed by atoms with Crippen LogP contribution in [0.3, 0.4) is 0 Å². The van der Waals surface area contributed by atoms with Gasteiger partial charge in [-0.15, -0.1) is 0 Å². The van der Waals surface area contributed by atoms with E-state index in [0.717, 1.165) is 41.0 Å². The van der Waals surface area contributed by atoms with Gasteiger partial charge in [-0.1, -0.05) is 35.5 Å². The van der Waals surface area contributed by atoms with Crippen LogP contribution in [0.5, 0.6) is 11.5 Å². The van der Waals surface area contributed by atoms with E-state index in [1.807, 2.05) is 42.5 Å². The first-order valence-electron chi connectivity index (χ1n) is 7.92. The molecule has 4 heteroatoms. The van der Waals surface area contributed by atoms with Crippen molar-refractivity contribution in [1.29, 1.82) is 0 Å². The van der Waals surface area contributed by atoms with Gasteiger partial charge in [0.1, 0.15) is 0 Å². The second-order valence-electron chi connectivity index (χ2n) is 5.76. The first-order valence-corrected chi connectivity index (χ1v) is 7.92. The maximum Gasteiger partial charge on any atom is 0.162 e. The van der Waals surface area contributed by atoms with Crippen molar-refractivity contribution in [2.45, 2.75) is 31.8 Å². The maximum absolute atomic E-state index is 8.57. The van der Waals surface area contributed by atoms with Crippen LogP contribution in [0, 0.1) is 0 Å². The molecule has 0 aromatic heterocycles. The molecule has 23 heavy (non-hydrogen) atoms. The number of nitrogens with zero attached hydrogens (tertiary/aromatic N) is 1. The van der Waals surface area contributed by atoms with E-state index in [1.165, 1.54) is 19.1 Å². The number of hydrogen-bond acceptors (Lipinski definition) is 4. The highest BCUT2D eigenvalue weighted by molar-refractivity contribution is 5.80. The first-order chi connectivity index (χ1) is 11.3. The topological polar surface area (TPSA) is 51.0 Å². The number of oxime groups is 1. The van der Waals surface area contributed by atoms with Gasteiger partial charge in [0, 0.05) is 0 Å². The van der Waals surface area contributed by atoms with Crippen molar-refractivity contribution in [2.75, 3.05) is 7.11 Å². The summed E-state index contributed by atoms with van der Waals surface area (Å²) in [6.07, 6.45) is 6.40. The first kappa shape index (κ1) is 15.4. The molecule has 1 saturated carbocycles. The van der Waals surface area contributed by atoms with E-state index in [4.69, 9.17) is 14.7 Å². The summed E-state index contributed by atoms with van der Waals surface area (Å²) < 4.78 is 11.6. The van der Waals surface area contributed by atoms with E-state index < -0.39 is 0 Å². The molecule has 1 N–H and O–H groups in total. The average molecular weight is 311 g/mol. The Kier molecular flexibility index (Phi) is 4.81. The third-order valence-electron chi connectivity index (χ3n) is 4.21. The van der Waals surface area contributed by atoms with Gasteiger partial charge in [-0.3, -0.25) is 0 Å². The normalized spacial score (nSPS) is 15.2. The van der Waals surface area contributed by atoms with E-state index >= 15 is 0 Å². The van der Waals surface area contributed by atoms with Gasteiger partial charge in [0.25, 0.3) is 0 Å². The highest BCUT2D eigenvalue weighted by atomic mass is 16.5. The molecule has 2 aromatic carbocycles. The number of methoxy groups -OCH3 is 1. The summed E-state index contributed by atoms with van der Waals surface area (Å²) in [6.45, 7) is 0. The van der Waals surface area contributed by atoms with E-state index in [9.17, 15) is 0 Å². The highest BCUT2D eigenvalue weighted by Crippen LogP contribution is 2.35. The summed E-state index contributed by atoms with van der Waals surface area (Å²) in [4.78, 5) is 0. The van der Waals surface area contributed by atoms with Crippen molar-refractivity contribution >= 4 is 6.21 Å². The number of benzene rings is 2. The number of rotatable bonds is 5. The van der Waals surface area contributed by atoms with Gasteiger partial charge in [-0.2, -0.15) is 0 Å². The predicted octanol–water partition coefficient (Wildman–Crippen LogP) is 4.49. The molecule has 0 unspecified atom stereocenters. The number of ether oxygens (including phenoxy) is 2. The molecule has 0 heterocycles. The lowest BCUT2D eigenvalue weighted by atomic mass is 10.0. The smallest absolute Gasteiger partial charge is 0.162 e. The summed E-state index contributed by atoms with van der Waals surface area (Å²) in [5.74, 6) is 1.57. The van der Waals surface area contributed by atoms with Crippen LogP contribution in [-0.4, -0.2) is 24.6 Å². The third kappa shape index (κ3) is 3.65. The zero-order valence-corrected chi connectivity index (χ0v) is 13.2. The van der Waals surface area contributed by atoms with Crippen molar-refractivity contribution in [3.05, 3.63) is 48.0 Å². The highest BCUT2D eigenvalue weighted by Gasteiger charge is 2.18. The van der Waals surface area contributed by atoms with Crippen LogP contribution in [0.25, 0.3) is 11.1 Å². The second-order valence-corrected chi connectivity index (χ2v) is 5.76. The van der Waals surface area contributed by atoms with Crippen molar-refractivity contribution in [2.24, 2.45) is 5.16 Å². The monoisotopic (exact) mass is 311 g/mol. The molecule has 4 nitrogen and oxygen atoms in total. The molecule has 2 aromatic rings. The minimum absolute atomic E-state index is 0.294. The van der Waals surface area contributed by atoms with Crippen LogP contribution < -0.4 is 9.47 Å². The van der Waals surface area contributed by atoms with Crippen molar-refractivity contribution < 1.29 is 14.7 Å². The molecule has 0 atom stereocenters. The fraction of sp³-hybridized carbons (Fsp3) is 0.316. The van der Waals surface area contributed by atoms with Crippen molar-refractivity contribution in [3.63, 3.8) is 0 Å². The Morgan fingerprint density at radius 1 is 1.00 bits per heavy atom. The SMILES string of the molecule is COc1ccc(-c2ccc(/C=N/O)cc2)cc1OC1CCCC1. The summed E-state index contributed by atoms with van der Waals surface area (Å²) >= 11 is 0. The van der Waals surface area contributed by atoms with Crippen LogP contribution in [0.4, 0.5) is 0 Å². The molecule has 0 amide bonds. The molecular weight excluding hydrogens is 290 g/mol. The lowest BCUT2D eigenvalue weighted by Gasteiger charge is -2.17. The van der Waals surface area contributed by atoms with Crippen molar-refractivity contribution in [1.82, 2.24) is 0 Å². The van der Waals surface area contributed by atoms with Gasteiger partial charge >= 0.3 is 0 Å². The maximum atomic E-state index is 8.57. The van der Waals surface area contributed by atoms with Gasteiger partial charge < -0.3 is 14.7 Å². The Balaban J connectivity index is 1.86. The molecule has 0 radical (unpaired) electrons. The van der Waals surface area contributed by atoms with Crippen LogP contribution in [0.15, 0.2) is 47.6 Å². The quantitative estimate of drug-likeness (QED) is 0.503. The molecule has 0 bridgehead atoms. The minimum atomic E-state index is 0.294. The Hall–Kier alpha value is -2.49. The Labute approximate surface area is 136 Å². The van der Waals surface area contributed by atoms with Crippen LogP contribution in [0.1, 0.15) is 31.2 Å². The van der Waals surface area contributed by atoms with E-state index in [2.05, 4.69) is 5.16 Å². The summed E-state index contributed by atoms with van der Waals surface area (Å²) in [7, 11) is 1.67. The average Bonchev–Trinajstić information content (AvgIpc) is 3.09. The predicted molar refractivity (Wildman–Crippen MR) is 90.7 cm³/mol. The third-order valence-corrected chi connectivity index (χ3v) is 4.21. The fourth-order valence-corrected chi connectivity index (χ4v) is 2.96. The molecular formula is C19H21NO3. The van der Waals surface area contributed by atoms with Gasteiger partial charge in [0.05, 0.1) is 19.4 Å². The zero-order chi connectivity index (χ0) is 16.1. The fourth-order valence-electron chi connectivity index (χ4n) is 2.96. The van der Waals surface area contributed by atoms with E-state index in [-0.39, 0.29) is 0 Å².